The minimum Gasteiger partial charge on any atom is -0.421 e. The monoisotopic (exact) mass is 456 g/mol. The number of benzene rings is 1. The molecule has 1 aromatic carbocycles. The van der Waals surface area contributed by atoms with E-state index >= 15 is 0 Å². The molecule has 1 N–H and O–H groups in total. The number of aromatic nitrogens is 3. The van der Waals surface area contributed by atoms with E-state index in [1.54, 1.807) is 11.3 Å². The first kappa shape index (κ1) is 17.6. The van der Waals surface area contributed by atoms with Gasteiger partial charge in [0.25, 0.3) is 0 Å². The lowest BCUT2D eigenvalue weighted by Crippen LogP contribution is -2.35. The number of nitrogens with one attached hydrogen (secondary N) is 1. The zero-order valence-corrected chi connectivity index (χ0v) is 17.3. The normalized spacial score (nSPS) is 13.8. The van der Waals surface area contributed by atoms with Gasteiger partial charge in [0.2, 0.25) is 17.7 Å². The Balaban J connectivity index is 1.27. The number of thiophene rings is 1. The van der Waals surface area contributed by atoms with E-state index in [1.807, 2.05) is 33.9 Å². The van der Waals surface area contributed by atoms with Crippen molar-refractivity contribution in [3.63, 3.8) is 0 Å². The third-order valence-corrected chi connectivity index (χ3v) is 6.44. The van der Waals surface area contributed by atoms with Crippen molar-refractivity contribution in [1.29, 1.82) is 0 Å². The number of fused-ring (bicyclic) bond motifs is 3. The highest BCUT2D eigenvalue weighted by atomic mass is 79.9. The molecule has 1 aliphatic rings. The van der Waals surface area contributed by atoms with Gasteiger partial charge in [0.05, 0.1) is 5.52 Å². The van der Waals surface area contributed by atoms with Crippen molar-refractivity contribution in [2.45, 2.75) is 25.8 Å². The first-order chi connectivity index (χ1) is 13.7. The Morgan fingerprint density at radius 1 is 1.32 bits per heavy atom. The van der Waals surface area contributed by atoms with Crippen LogP contribution < -0.4 is 0 Å². The maximum absolute atomic E-state index is 12.8. The molecule has 0 bridgehead atoms. The number of H-pyrrole nitrogens is 1. The summed E-state index contributed by atoms with van der Waals surface area (Å²) >= 11 is 5.18. The second-order valence-corrected chi connectivity index (χ2v) is 8.46. The molecular formula is C20H17BrN4O2S. The minimum atomic E-state index is 0.116. The third-order valence-electron chi connectivity index (χ3n) is 5.10. The van der Waals surface area contributed by atoms with Gasteiger partial charge in [-0.05, 0) is 33.4 Å². The van der Waals surface area contributed by atoms with Crippen LogP contribution in [0, 0.1) is 0 Å². The molecule has 0 radical (unpaired) electrons. The topological polar surface area (TPSA) is 75.0 Å². The van der Waals surface area contributed by atoms with Crippen LogP contribution in [0.2, 0.25) is 0 Å². The molecular weight excluding hydrogens is 440 g/mol. The van der Waals surface area contributed by atoms with Crippen molar-refractivity contribution >= 4 is 44.1 Å². The summed E-state index contributed by atoms with van der Waals surface area (Å²) in [5, 5.41) is 13.3. The molecule has 1 aliphatic heterocycles. The molecule has 1 amide bonds. The van der Waals surface area contributed by atoms with Crippen LogP contribution in [0.5, 0.6) is 0 Å². The van der Waals surface area contributed by atoms with Gasteiger partial charge in [0.15, 0.2) is 0 Å². The number of amides is 1. The summed E-state index contributed by atoms with van der Waals surface area (Å²) in [6.45, 7) is 1.36. The molecule has 0 spiro atoms. The first-order valence-electron chi connectivity index (χ1n) is 9.09. The summed E-state index contributed by atoms with van der Waals surface area (Å²) in [4.78, 5) is 18.2. The third kappa shape index (κ3) is 3.16. The Morgan fingerprint density at radius 2 is 2.25 bits per heavy atom. The van der Waals surface area contributed by atoms with Crippen LogP contribution in [0.3, 0.4) is 0 Å². The van der Waals surface area contributed by atoms with Gasteiger partial charge in [-0.15, -0.1) is 10.2 Å². The van der Waals surface area contributed by atoms with Crippen LogP contribution in [-0.4, -0.2) is 32.5 Å². The van der Waals surface area contributed by atoms with Crippen molar-refractivity contribution in [2.75, 3.05) is 6.54 Å². The number of halogens is 1. The molecule has 0 atom stereocenters. The van der Waals surface area contributed by atoms with Crippen molar-refractivity contribution in [3.05, 3.63) is 56.6 Å². The molecule has 0 unspecified atom stereocenters. The van der Waals surface area contributed by atoms with E-state index in [9.17, 15) is 4.79 Å². The quantitative estimate of drug-likeness (QED) is 0.488. The molecule has 0 saturated carbocycles. The van der Waals surface area contributed by atoms with E-state index in [-0.39, 0.29) is 5.91 Å². The van der Waals surface area contributed by atoms with Crippen LogP contribution >= 0.6 is 27.3 Å². The summed E-state index contributed by atoms with van der Waals surface area (Å²) in [5.41, 5.74) is 4.47. The summed E-state index contributed by atoms with van der Waals surface area (Å²) in [6, 6.07) is 8.11. The fraction of sp³-hybridized carbons (Fsp3) is 0.250. The number of aryl methyl sites for hydroxylation is 1. The lowest BCUT2D eigenvalue weighted by molar-refractivity contribution is -0.132. The highest BCUT2D eigenvalue weighted by molar-refractivity contribution is 9.10. The number of rotatable bonds is 4. The molecule has 6 nitrogen and oxygen atoms in total. The van der Waals surface area contributed by atoms with Crippen molar-refractivity contribution in [2.24, 2.45) is 0 Å². The van der Waals surface area contributed by atoms with Crippen molar-refractivity contribution in [3.8, 4) is 11.5 Å². The zero-order valence-electron chi connectivity index (χ0n) is 14.9. The number of nitrogens with zero attached hydrogens (tertiary/aromatic N) is 3. The van der Waals surface area contributed by atoms with Gasteiger partial charge in [0, 0.05) is 64.4 Å². The van der Waals surface area contributed by atoms with E-state index < -0.39 is 0 Å². The Kier molecular flexibility index (Phi) is 4.52. The van der Waals surface area contributed by atoms with Gasteiger partial charge in [-0.1, -0.05) is 12.1 Å². The highest BCUT2D eigenvalue weighted by Crippen LogP contribution is 2.32. The Bertz CT molecular complexity index is 1150. The van der Waals surface area contributed by atoms with Gasteiger partial charge >= 0.3 is 0 Å². The molecule has 8 heteroatoms. The maximum Gasteiger partial charge on any atom is 0.248 e. The Hall–Kier alpha value is -2.45. The summed E-state index contributed by atoms with van der Waals surface area (Å²) in [6.07, 6.45) is 1.66. The van der Waals surface area contributed by atoms with Gasteiger partial charge in [-0.2, -0.15) is 11.3 Å². The standard InChI is InChI=1S/C20H17BrN4O2S/c21-15-3-1-2-13-14-10-25(8-6-16(14)22-19(13)15)18(26)5-4-17-23-24-20(27-17)12-7-9-28-11-12/h1-3,7,9,11,22H,4-6,8,10H2. The number of para-hydroxylation sites is 1. The molecule has 5 rings (SSSR count). The van der Waals surface area contributed by atoms with E-state index in [0.717, 1.165) is 28.5 Å². The van der Waals surface area contributed by atoms with Crippen molar-refractivity contribution < 1.29 is 9.21 Å². The summed E-state index contributed by atoms with van der Waals surface area (Å²) in [5.74, 6) is 1.13. The predicted molar refractivity (Wildman–Crippen MR) is 111 cm³/mol. The molecule has 4 heterocycles. The Labute approximate surface area is 173 Å². The van der Waals surface area contributed by atoms with Gasteiger partial charge in [-0.3, -0.25) is 4.79 Å². The minimum absolute atomic E-state index is 0.116. The molecule has 142 valence electrons. The smallest absolute Gasteiger partial charge is 0.248 e. The molecule has 4 aromatic rings. The summed E-state index contributed by atoms with van der Waals surface area (Å²) < 4.78 is 6.73. The molecule has 0 fully saturated rings. The van der Waals surface area contributed by atoms with Crippen LogP contribution in [0.15, 0.2) is 43.9 Å². The van der Waals surface area contributed by atoms with E-state index in [4.69, 9.17) is 4.42 Å². The maximum atomic E-state index is 12.8. The van der Waals surface area contributed by atoms with E-state index in [0.29, 0.717) is 31.2 Å². The molecule has 3 aromatic heterocycles. The lowest BCUT2D eigenvalue weighted by Gasteiger charge is -2.27. The predicted octanol–water partition coefficient (Wildman–Crippen LogP) is 4.56. The van der Waals surface area contributed by atoms with Crippen LogP contribution in [0.25, 0.3) is 22.4 Å². The first-order valence-corrected chi connectivity index (χ1v) is 10.8. The molecule has 0 aliphatic carbocycles. The highest BCUT2D eigenvalue weighted by Gasteiger charge is 2.24. The fourth-order valence-corrected chi connectivity index (χ4v) is 4.74. The second-order valence-electron chi connectivity index (χ2n) is 6.82. The number of carbonyl (C=O) groups excluding carboxylic acids is 1. The van der Waals surface area contributed by atoms with Gasteiger partial charge in [0.1, 0.15) is 0 Å². The number of carbonyl (C=O) groups is 1. The SMILES string of the molecule is O=C(CCc1nnc(-c2ccsc2)o1)N1CCc2[nH]c3c(Br)cccc3c2C1. The summed E-state index contributed by atoms with van der Waals surface area (Å²) in [7, 11) is 0. The van der Waals surface area contributed by atoms with E-state index in [1.165, 1.54) is 16.6 Å². The second kappa shape index (κ2) is 7.18. The lowest BCUT2D eigenvalue weighted by atomic mass is 10.0. The van der Waals surface area contributed by atoms with Gasteiger partial charge < -0.3 is 14.3 Å². The number of hydrogen-bond acceptors (Lipinski definition) is 5. The largest absolute Gasteiger partial charge is 0.421 e. The van der Waals surface area contributed by atoms with E-state index in [2.05, 4.69) is 37.2 Å². The van der Waals surface area contributed by atoms with Gasteiger partial charge in [-0.25, -0.2) is 0 Å². The molecule has 28 heavy (non-hydrogen) atoms. The van der Waals surface area contributed by atoms with Crippen LogP contribution in [-0.2, 0) is 24.2 Å². The fourth-order valence-electron chi connectivity index (χ4n) is 3.64. The Morgan fingerprint density at radius 3 is 3.11 bits per heavy atom. The molecule has 0 saturated heterocycles. The zero-order chi connectivity index (χ0) is 19.1. The number of aromatic amines is 1. The number of hydrogen-bond donors (Lipinski definition) is 1. The average molecular weight is 457 g/mol. The average Bonchev–Trinajstić information content (AvgIpc) is 3.45. The van der Waals surface area contributed by atoms with Crippen molar-refractivity contribution in [1.82, 2.24) is 20.1 Å². The van der Waals surface area contributed by atoms with Crippen LogP contribution in [0.1, 0.15) is 23.6 Å². The van der Waals surface area contributed by atoms with Crippen LogP contribution in [0.4, 0.5) is 0 Å².